The molecule has 0 radical (unpaired) electrons. The Morgan fingerprint density at radius 2 is 1.93 bits per heavy atom. The van der Waals surface area contributed by atoms with E-state index in [0.29, 0.717) is 17.0 Å². The predicted octanol–water partition coefficient (Wildman–Crippen LogP) is 3.65. The fourth-order valence-electron chi connectivity index (χ4n) is 3.95. The number of likely N-dealkylation sites (N-methyl/N-ethyl adjacent to an activating group) is 1. The Labute approximate surface area is 166 Å². The smallest absolute Gasteiger partial charge is 0.197 e. The maximum atomic E-state index is 12.8. The van der Waals surface area contributed by atoms with Crippen molar-refractivity contribution in [2.45, 2.75) is 25.0 Å². The first-order valence-electron chi connectivity index (χ1n) is 9.04. The number of halogens is 1. The first-order chi connectivity index (χ1) is 13.4. The molecule has 7 heteroatoms. The normalized spacial score (nSPS) is 20.5. The molecule has 4 rings (SSSR count). The van der Waals surface area contributed by atoms with Gasteiger partial charge in [-0.1, -0.05) is 23.7 Å². The van der Waals surface area contributed by atoms with E-state index >= 15 is 0 Å². The summed E-state index contributed by atoms with van der Waals surface area (Å²) in [7, 11) is 1.83. The van der Waals surface area contributed by atoms with Gasteiger partial charge in [-0.15, -0.1) is 0 Å². The minimum atomic E-state index is -0.744. The number of phenols is 2. The second-order valence-electron chi connectivity index (χ2n) is 7.12. The molecule has 1 fully saturated rings. The van der Waals surface area contributed by atoms with Crippen LogP contribution in [0.4, 0.5) is 0 Å². The van der Waals surface area contributed by atoms with E-state index in [-0.39, 0.29) is 33.8 Å². The zero-order valence-corrected chi connectivity index (χ0v) is 16.0. The number of aromatic hydroxyl groups is 2. The Kier molecular flexibility index (Phi) is 4.79. The highest BCUT2D eigenvalue weighted by Gasteiger charge is 2.34. The number of aliphatic hydroxyl groups is 1. The molecule has 0 spiro atoms. The second-order valence-corrected chi connectivity index (χ2v) is 7.53. The average Bonchev–Trinajstić information content (AvgIpc) is 2.63. The number of nitrogens with zero attached hydrogens (tertiary/aromatic N) is 1. The van der Waals surface area contributed by atoms with E-state index in [9.17, 15) is 20.1 Å². The molecule has 3 aromatic rings. The lowest BCUT2D eigenvalue weighted by molar-refractivity contribution is 0.0233. The van der Waals surface area contributed by atoms with Gasteiger partial charge in [0.2, 0.25) is 0 Å². The highest BCUT2D eigenvalue weighted by molar-refractivity contribution is 6.33. The number of phenolic OH excluding ortho intramolecular Hbond substituents is 2. The Hall–Kier alpha value is -2.54. The molecule has 1 aliphatic heterocycles. The molecule has 146 valence electrons. The maximum absolute atomic E-state index is 12.8. The van der Waals surface area contributed by atoms with Crippen LogP contribution in [-0.2, 0) is 0 Å². The molecule has 0 aliphatic carbocycles. The number of fused-ring (bicyclic) bond motifs is 1. The fourth-order valence-corrected chi connectivity index (χ4v) is 4.18. The molecule has 6 nitrogen and oxygen atoms in total. The first-order valence-corrected chi connectivity index (χ1v) is 9.42. The first kappa shape index (κ1) is 18.8. The molecule has 28 heavy (non-hydrogen) atoms. The van der Waals surface area contributed by atoms with Crippen molar-refractivity contribution in [1.82, 2.24) is 4.90 Å². The Morgan fingerprint density at radius 3 is 2.64 bits per heavy atom. The van der Waals surface area contributed by atoms with E-state index in [0.717, 1.165) is 19.0 Å². The summed E-state index contributed by atoms with van der Waals surface area (Å²) >= 11 is 6.25. The van der Waals surface area contributed by atoms with Crippen LogP contribution < -0.4 is 5.43 Å². The lowest BCUT2D eigenvalue weighted by Crippen LogP contribution is -2.39. The van der Waals surface area contributed by atoms with Crippen LogP contribution in [-0.4, -0.2) is 39.9 Å². The van der Waals surface area contributed by atoms with E-state index < -0.39 is 17.6 Å². The third-order valence-corrected chi connectivity index (χ3v) is 5.61. The molecular weight excluding hydrogens is 382 g/mol. The van der Waals surface area contributed by atoms with Gasteiger partial charge in [-0.05, 0) is 38.6 Å². The van der Waals surface area contributed by atoms with E-state index in [4.69, 9.17) is 16.0 Å². The van der Waals surface area contributed by atoms with E-state index in [1.54, 1.807) is 24.3 Å². The van der Waals surface area contributed by atoms with E-state index in [2.05, 4.69) is 0 Å². The van der Waals surface area contributed by atoms with E-state index in [1.807, 2.05) is 11.9 Å². The third kappa shape index (κ3) is 3.03. The minimum Gasteiger partial charge on any atom is -0.507 e. The van der Waals surface area contributed by atoms with Crippen molar-refractivity contribution in [3.63, 3.8) is 0 Å². The summed E-state index contributed by atoms with van der Waals surface area (Å²) in [6, 6.07) is 8.76. The van der Waals surface area contributed by atoms with Gasteiger partial charge in [0.15, 0.2) is 11.0 Å². The summed E-state index contributed by atoms with van der Waals surface area (Å²) in [4.78, 5) is 14.7. The number of likely N-dealkylation sites (tertiary alicyclic amines) is 1. The fraction of sp³-hybridized carbons (Fsp3) is 0.286. The highest BCUT2D eigenvalue weighted by Crippen LogP contribution is 2.43. The average molecular weight is 402 g/mol. The SMILES string of the molecule is CN1CCC[C@H](O)[C@@H]1c1c(O)cc(O)c2c(=O)cc(-c3ccccc3Cl)oc12. The zero-order chi connectivity index (χ0) is 20.0. The summed E-state index contributed by atoms with van der Waals surface area (Å²) in [5.41, 5.74) is 0.406. The molecule has 1 saturated heterocycles. The molecule has 1 aliphatic rings. The molecule has 2 atom stereocenters. The maximum Gasteiger partial charge on any atom is 0.197 e. The number of rotatable bonds is 2. The monoisotopic (exact) mass is 401 g/mol. The van der Waals surface area contributed by atoms with Gasteiger partial charge >= 0.3 is 0 Å². The molecular formula is C21H20ClNO5. The van der Waals surface area contributed by atoms with Gasteiger partial charge < -0.3 is 19.7 Å². The van der Waals surface area contributed by atoms with Crippen molar-refractivity contribution >= 4 is 22.6 Å². The van der Waals surface area contributed by atoms with Gasteiger partial charge in [0.05, 0.1) is 22.7 Å². The molecule has 1 aromatic heterocycles. The summed E-state index contributed by atoms with van der Waals surface area (Å²) in [6.07, 6.45) is 0.636. The number of piperidine rings is 1. The lowest BCUT2D eigenvalue weighted by atomic mass is 9.90. The van der Waals surface area contributed by atoms with Gasteiger partial charge in [0.1, 0.15) is 22.6 Å². The van der Waals surface area contributed by atoms with Crippen molar-refractivity contribution in [2.75, 3.05) is 13.6 Å². The molecule has 0 unspecified atom stereocenters. The number of benzene rings is 2. The van der Waals surface area contributed by atoms with Crippen LogP contribution in [0.15, 0.2) is 45.6 Å². The van der Waals surface area contributed by atoms with Crippen LogP contribution >= 0.6 is 11.6 Å². The zero-order valence-electron chi connectivity index (χ0n) is 15.2. The summed E-state index contributed by atoms with van der Waals surface area (Å²) in [6.45, 7) is 0.720. The number of hydrogen-bond donors (Lipinski definition) is 3. The number of hydrogen-bond acceptors (Lipinski definition) is 6. The topological polar surface area (TPSA) is 94.1 Å². The van der Waals surface area contributed by atoms with Crippen molar-refractivity contribution in [1.29, 1.82) is 0 Å². The van der Waals surface area contributed by atoms with Gasteiger partial charge in [-0.25, -0.2) is 0 Å². The second kappa shape index (κ2) is 7.13. The van der Waals surface area contributed by atoms with Gasteiger partial charge in [-0.2, -0.15) is 0 Å². The lowest BCUT2D eigenvalue weighted by Gasteiger charge is -2.37. The van der Waals surface area contributed by atoms with Crippen LogP contribution in [0.5, 0.6) is 11.5 Å². The molecule has 2 heterocycles. The molecule has 2 aromatic carbocycles. The predicted molar refractivity (Wildman–Crippen MR) is 107 cm³/mol. The summed E-state index contributed by atoms with van der Waals surface area (Å²) in [5, 5.41) is 31.8. The molecule has 0 bridgehead atoms. The van der Waals surface area contributed by atoms with Crippen molar-refractivity contribution in [2.24, 2.45) is 0 Å². The van der Waals surface area contributed by atoms with Crippen LogP contribution in [0.3, 0.4) is 0 Å². The molecule has 3 N–H and O–H groups in total. The molecule has 0 amide bonds. The summed E-state index contributed by atoms with van der Waals surface area (Å²) in [5.74, 6) is -0.381. The van der Waals surface area contributed by atoms with Gasteiger partial charge in [0, 0.05) is 17.7 Å². The standard InChI is InChI=1S/C21H20ClNO5/c1-23-8-4-7-13(24)20(23)19-15(26)9-14(25)18-16(27)10-17(28-21(18)19)11-5-2-3-6-12(11)22/h2-3,5-6,9-10,13,20,24-26H,4,7-8H2,1H3/t13-,20+/m0/s1. The van der Waals surface area contributed by atoms with E-state index in [1.165, 1.54) is 6.07 Å². The third-order valence-electron chi connectivity index (χ3n) is 5.28. The van der Waals surface area contributed by atoms with Crippen LogP contribution in [0.2, 0.25) is 5.02 Å². The van der Waals surface area contributed by atoms with Crippen molar-refractivity contribution < 1.29 is 19.7 Å². The number of aliphatic hydroxyl groups excluding tert-OH is 1. The van der Waals surface area contributed by atoms with Crippen molar-refractivity contribution in [3.8, 4) is 22.8 Å². The van der Waals surface area contributed by atoms with Crippen molar-refractivity contribution in [3.05, 3.63) is 57.2 Å². The largest absolute Gasteiger partial charge is 0.507 e. The van der Waals surface area contributed by atoms with Gasteiger partial charge in [-0.3, -0.25) is 9.69 Å². The van der Waals surface area contributed by atoms with Crippen LogP contribution in [0.25, 0.3) is 22.3 Å². The van der Waals surface area contributed by atoms with Crippen LogP contribution in [0.1, 0.15) is 24.4 Å². The highest BCUT2D eigenvalue weighted by atomic mass is 35.5. The van der Waals surface area contributed by atoms with Crippen LogP contribution in [0, 0.1) is 0 Å². The summed E-state index contributed by atoms with van der Waals surface area (Å²) < 4.78 is 6.01. The molecule has 0 saturated carbocycles. The Bertz CT molecular complexity index is 1100. The Balaban J connectivity index is 2.05. The minimum absolute atomic E-state index is 0.0326. The van der Waals surface area contributed by atoms with Gasteiger partial charge in [0.25, 0.3) is 0 Å². The quantitative estimate of drug-likeness (QED) is 0.606. The Morgan fingerprint density at radius 1 is 1.18 bits per heavy atom.